The van der Waals surface area contributed by atoms with Crippen LogP contribution in [0.15, 0.2) is 54.9 Å². The van der Waals surface area contributed by atoms with Crippen molar-refractivity contribution in [3.05, 3.63) is 87.4 Å². The average Bonchev–Trinajstić information content (AvgIpc) is 2.69. The number of nitrogens with one attached hydrogen (secondary N) is 1. The minimum Gasteiger partial charge on any atom is -0.493 e. The molecule has 0 saturated heterocycles. The molecule has 1 N–H and O–H groups in total. The highest BCUT2D eigenvalue weighted by Gasteiger charge is 2.12. The van der Waals surface area contributed by atoms with Crippen LogP contribution in [0, 0.1) is 5.82 Å². The Bertz CT molecular complexity index is 939. The van der Waals surface area contributed by atoms with Crippen molar-refractivity contribution in [1.82, 2.24) is 10.3 Å². The number of methoxy groups -OCH3 is 1. The maximum Gasteiger partial charge on any atom is 0.163 e. The Morgan fingerprint density at radius 2 is 1.68 bits per heavy atom. The van der Waals surface area contributed by atoms with Crippen LogP contribution in [0.3, 0.4) is 0 Å². The van der Waals surface area contributed by atoms with Crippen molar-refractivity contribution in [1.29, 1.82) is 0 Å². The third kappa shape index (κ3) is 5.35. The molecule has 1 heterocycles. The lowest BCUT2D eigenvalue weighted by atomic mass is 10.2. The smallest absolute Gasteiger partial charge is 0.163 e. The lowest BCUT2D eigenvalue weighted by molar-refractivity contribution is 0.284. The van der Waals surface area contributed by atoms with Crippen LogP contribution >= 0.6 is 23.2 Å². The van der Waals surface area contributed by atoms with Gasteiger partial charge in [0.15, 0.2) is 11.5 Å². The quantitative estimate of drug-likeness (QED) is 0.529. The van der Waals surface area contributed by atoms with Gasteiger partial charge in [-0.15, -0.1) is 0 Å². The van der Waals surface area contributed by atoms with Gasteiger partial charge in [-0.25, -0.2) is 4.39 Å². The normalized spacial score (nSPS) is 10.7. The predicted octanol–water partition coefficient (Wildman–Crippen LogP) is 5.40. The van der Waals surface area contributed by atoms with E-state index >= 15 is 0 Å². The topological polar surface area (TPSA) is 43.4 Å². The van der Waals surface area contributed by atoms with Crippen molar-refractivity contribution < 1.29 is 13.9 Å². The van der Waals surface area contributed by atoms with Gasteiger partial charge in [-0.05, 0) is 41.5 Å². The number of hydrogen-bond donors (Lipinski definition) is 1. The number of aromatic nitrogens is 1. The molecule has 0 bridgehead atoms. The fraction of sp³-hybridized carbons (Fsp3) is 0.190. The minimum absolute atomic E-state index is 0.172. The molecule has 146 valence electrons. The van der Waals surface area contributed by atoms with Crippen LogP contribution in [0.25, 0.3) is 0 Å². The van der Waals surface area contributed by atoms with Gasteiger partial charge in [0.25, 0.3) is 0 Å². The molecule has 2 aromatic carbocycles. The summed E-state index contributed by atoms with van der Waals surface area (Å²) in [6.07, 6.45) is 3.51. The standard InChI is InChI=1S/C21H19Cl2FN2O2/c1-27-20-8-16(12-26-11-14-4-6-25-7-5-14)19(23)10-21(20)28-13-15-2-3-17(24)9-18(15)22/h2-10,26H,11-13H2,1H3. The zero-order valence-electron chi connectivity index (χ0n) is 15.2. The molecular weight excluding hydrogens is 402 g/mol. The Kier molecular flexibility index (Phi) is 7.09. The molecule has 0 amide bonds. The van der Waals surface area contributed by atoms with Crippen LogP contribution in [0.4, 0.5) is 4.39 Å². The maximum absolute atomic E-state index is 13.2. The van der Waals surface area contributed by atoms with Gasteiger partial charge < -0.3 is 14.8 Å². The second kappa shape index (κ2) is 9.73. The summed E-state index contributed by atoms with van der Waals surface area (Å²) >= 11 is 12.5. The Labute approximate surface area is 173 Å². The molecule has 0 radical (unpaired) electrons. The average molecular weight is 421 g/mol. The molecule has 0 aliphatic heterocycles. The van der Waals surface area contributed by atoms with Crippen molar-refractivity contribution in [3.8, 4) is 11.5 Å². The van der Waals surface area contributed by atoms with Crippen LogP contribution in [-0.4, -0.2) is 12.1 Å². The first-order chi connectivity index (χ1) is 13.6. The largest absolute Gasteiger partial charge is 0.493 e. The molecule has 0 saturated carbocycles. The van der Waals surface area contributed by atoms with Crippen LogP contribution in [0.1, 0.15) is 16.7 Å². The van der Waals surface area contributed by atoms with Gasteiger partial charge in [-0.3, -0.25) is 4.98 Å². The lowest BCUT2D eigenvalue weighted by Crippen LogP contribution is -2.13. The van der Waals surface area contributed by atoms with E-state index in [2.05, 4.69) is 10.3 Å². The first kappa shape index (κ1) is 20.4. The van der Waals surface area contributed by atoms with Crippen molar-refractivity contribution in [2.24, 2.45) is 0 Å². The third-order valence-electron chi connectivity index (χ3n) is 4.12. The summed E-state index contributed by atoms with van der Waals surface area (Å²) in [5.41, 5.74) is 2.69. The molecule has 0 atom stereocenters. The molecule has 1 aromatic heterocycles. The Morgan fingerprint density at radius 1 is 0.929 bits per heavy atom. The zero-order chi connectivity index (χ0) is 19.9. The molecular formula is C21H19Cl2FN2O2. The summed E-state index contributed by atoms with van der Waals surface area (Å²) in [6.45, 7) is 1.44. The van der Waals surface area contributed by atoms with Gasteiger partial charge >= 0.3 is 0 Å². The van der Waals surface area contributed by atoms with E-state index in [-0.39, 0.29) is 6.61 Å². The highest BCUT2D eigenvalue weighted by molar-refractivity contribution is 6.31. The summed E-state index contributed by atoms with van der Waals surface area (Å²) < 4.78 is 24.4. The molecule has 0 aliphatic carbocycles. The van der Waals surface area contributed by atoms with Gasteiger partial charge in [-0.1, -0.05) is 29.3 Å². The number of ether oxygens (including phenoxy) is 2. The van der Waals surface area contributed by atoms with Crippen LogP contribution in [0.5, 0.6) is 11.5 Å². The number of nitrogens with zero attached hydrogens (tertiary/aromatic N) is 1. The van der Waals surface area contributed by atoms with Gasteiger partial charge in [-0.2, -0.15) is 0 Å². The van der Waals surface area contributed by atoms with Gasteiger partial charge in [0.05, 0.1) is 12.1 Å². The van der Waals surface area contributed by atoms with Crippen molar-refractivity contribution in [3.63, 3.8) is 0 Å². The number of benzene rings is 2. The second-order valence-corrected chi connectivity index (χ2v) is 6.89. The van der Waals surface area contributed by atoms with E-state index in [9.17, 15) is 4.39 Å². The van der Waals surface area contributed by atoms with Crippen LogP contribution in [-0.2, 0) is 19.7 Å². The highest BCUT2D eigenvalue weighted by atomic mass is 35.5. The fourth-order valence-electron chi connectivity index (χ4n) is 2.62. The Balaban J connectivity index is 1.66. The van der Waals surface area contributed by atoms with E-state index in [0.29, 0.717) is 40.2 Å². The SMILES string of the molecule is COc1cc(CNCc2ccncc2)c(Cl)cc1OCc1ccc(F)cc1Cl. The van der Waals surface area contributed by atoms with Crippen LogP contribution < -0.4 is 14.8 Å². The second-order valence-electron chi connectivity index (χ2n) is 6.08. The van der Waals surface area contributed by atoms with Gasteiger partial charge in [0, 0.05) is 42.1 Å². The molecule has 0 aliphatic rings. The summed E-state index contributed by atoms with van der Waals surface area (Å²) in [5.74, 6) is 0.659. The van der Waals surface area contributed by atoms with Crippen molar-refractivity contribution >= 4 is 23.2 Å². The summed E-state index contributed by atoms with van der Waals surface area (Å²) in [4.78, 5) is 4.00. The number of pyridine rings is 1. The minimum atomic E-state index is -0.391. The molecule has 4 nitrogen and oxygen atoms in total. The van der Waals surface area contributed by atoms with Crippen molar-refractivity contribution in [2.75, 3.05) is 7.11 Å². The maximum atomic E-state index is 13.2. The van der Waals surface area contributed by atoms with Gasteiger partial charge in [0.2, 0.25) is 0 Å². The van der Waals surface area contributed by atoms with E-state index in [4.69, 9.17) is 32.7 Å². The summed E-state index contributed by atoms with van der Waals surface area (Å²) in [6, 6.07) is 11.6. The first-order valence-electron chi connectivity index (χ1n) is 8.59. The van der Waals surface area contributed by atoms with E-state index in [1.807, 2.05) is 18.2 Å². The molecule has 0 unspecified atom stereocenters. The number of hydrogen-bond acceptors (Lipinski definition) is 4. The lowest BCUT2D eigenvalue weighted by Gasteiger charge is -2.15. The molecule has 28 heavy (non-hydrogen) atoms. The first-order valence-corrected chi connectivity index (χ1v) is 9.35. The van der Waals surface area contributed by atoms with Gasteiger partial charge in [0.1, 0.15) is 12.4 Å². The molecule has 0 fully saturated rings. The zero-order valence-corrected chi connectivity index (χ0v) is 16.7. The van der Waals surface area contributed by atoms with E-state index in [0.717, 1.165) is 11.1 Å². The number of rotatable bonds is 8. The molecule has 0 spiro atoms. The Morgan fingerprint density at radius 3 is 2.39 bits per heavy atom. The van der Waals surface area contributed by atoms with E-state index in [1.54, 1.807) is 31.6 Å². The van der Waals surface area contributed by atoms with Crippen LogP contribution in [0.2, 0.25) is 10.0 Å². The molecule has 3 aromatic rings. The van der Waals surface area contributed by atoms with Crippen molar-refractivity contribution in [2.45, 2.75) is 19.7 Å². The Hall–Kier alpha value is -2.34. The predicted molar refractivity (Wildman–Crippen MR) is 109 cm³/mol. The monoisotopic (exact) mass is 420 g/mol. The molecule has 3 rings (SSSR count). The summed E-state index contributed by atoms with van der Waals surface area (Å²) in [7, 11) is 1.56. The van der Waals surface area contributed by atoms with E-state index < -0.39 is 5.82 Å². The fourth-order valence-corrected chi connectivity index (χ4v) is 3.06. The molecule has 7 heteroatoms. The summed E-state index contributed by atoms with van der Waals surface area (Å²) in [5, 5.41) is 4.20. The highest BCUT2D eigenvalue weighted by Crippen LogP contribution is 2.34. The third-order valence-corrected chi connectivity index (χ3v) is 4.83. The number of halogens is 3. The van der Waals surface area contributed by atoms with E-state index in [1.165, 1.54) is 12.1 Å².